The van der Waals surface area contributed by atoms with E-state index in [1.54, 1.807) is 42.7 Å². The summed E-state index contributed by atoms with van der Waals surface area (Å²) < 4.78 is 5.15. The highest BCUT2D eigenvalue weighted by atomic mass is 35.5. The molecular weight excluding hydrogens is 378 g/mol. The number of rotatable bonds is 7. The van der Waals surface area contributed by atoms with Crippen molar-refractivity contribution in [2.24, 2.45) is 0 Å². The molecule has 0 aliphatic heterocycles. The number of aryl methyl sites for hydroxylation is 1. The van der Waals surface area contributed by atoms with Crippen molar-refractivity contribution in [3.8, 4) is 0 Å². The maximum atomic E-state index is 12.1. The van der Waals surface area contributed by atoms with Crippen LogP contribution >= 0.6 is 11.6 Å². The molecule has 0 atom stereocenters. The van der Waals surface area contributed by atoms with Crippen molar-refractivity contribution in [3.05, 3.63) is 83.3 Å². The molecule has 0 radical (unpaired) electrons. The molecule has 6 nitrogen and oxygen atoms in total. The van der Waals surface area contributed by atoms with Gasteiger partial charge in [0.25, 0.3) is 0 Å². The fourth-order valence-corrected chi connectivity index (χ4v) is 2.65. The zero-order valence-corrected chi connectivity index (χ0v) is 15.8. The van der Waals surface area contributed by atoms with Crippen molar-refractivity contribution in [1.82, 2.24) is 5.32 Å². The number of hydrogen-bond acceptors (Lipinski definition) is 3. The van der Waals surface area contributed by atoms with Gasteiger partial charge in [0.1, 0.15) is 5.76 Å². The standard InChI is InChI=1S/C21H20ClN3O3/c22-16-6-3-15(4-7-16)5-12-20(26)24-17-8-10-18(11-9-17)25-21(27)23-14-19-2-1-13-28-19/h1-4,6-11,13H,5,12,14H2,(H,24,26)(H2,23,25,27). The second kappa shape index (κ2) is 9.62. The molecule has 3 amide bonds. The van der Waals surface area contributed by atoms with Crippen LogP contribution in [0.5, 0.6) is 0 Å². The van der Waals surface area contributed by atoms with Crippen LogP contribution in [0.25, 0.3) is 0 Å². The molecule has 0 aliphatic carbocycles. The second-order valence-electron chi connectivity index (χ2n) is 6.14. The molecule has 1 heterocycles. The van der Waals surface area contributed by atoms with Crippen molar-refractivity contribution in [1.29, 1.82) is 0 Å². The highest BCUT2D eigenvalue weighted by Crippen LogP contribution is 2.15. The van der Waals surface area contributed by atoms with E-state index in [0.29, 0.717) is 41.5 Å². The number of halogens is 1. The number of nitrogens with one attached hydrogen (secondary N) is 3. The number of benzene rings is 2. The molecule has 0 spiro atoms. The number of anilines is 2. The minimum atomic E-state index is -0.337. The topological polar surface area (TPSA) is 83.4 Å². The molecule has 3 aromatic rings. The highest BCUT2D eigenvalue weighted by molar-refractivity contribution is 6.30. The Labute approximate surface area is 167 Å². The van der Waals surface area contributed by atoms with Gasteiger partial charge in [0, 0.05) is 22.8 Å². The quantitative estimate of drug-likeness (QED) is 0.534. The fraction of sp³-hybridized carbons (Fsp3) is 0.143. The van der Waals surface area contributed by atoms with Gasteiger partial charge in [-0.2, -0.15) is 0 Å². The van der Waals surface area contributed by atoms with Gasteiger partial charge in [-0.3, -0.25) is 4.79 Å². The number of amides is 3. The van der Waals surface area contributed by atoms with E-state index in [1.807, 2.05) is 24.3 Å². The van der Waals surface area contributed by atoms with Gasteiger partial charge >= 0.3 is 6.03 Å². The van der Waals surface area contributed by atoms with E-state index in [4.69, 9.17) is 16.0 Å². The minimum absolute atomic E-state index is 0.0770. The Morgan fingerprint density at radius 3 is 2.21 bits per heavy atom. The predicted molar refractivity (Wildman–Crippen MR) is 109 cm³/mol. The summed E-state index contributed by atoms with van der Waals surface area (Å²) in [7, 11) is 0. The first-order valence-electron chi connectivity index (χ1n) is 8.80. The van der Waals surface area contributed by atoms with Crippen molar-refractivity contribution < 1.29 is 14.0 Å². The Hall–Kier alpha value is -3.25. The molecule has 3 N–H and O–H groups in total. The Morgan fingerprint density at radius 2 is 1.57 bits per heavy atom. The molecule has 2 aromatic carbocycles. The van der Waals surface area contributed by atoms with Crippen molar-refractivity contribution in [3.63, 3.8) is 0 Å². The number of carbonyl (C=O) groups is 2. The van der Waals surface area contributed by atoms with Gasteiger partial charge in [-0.15, -0.1) is 0 Å². The lowest BCUT2D eigenvalue weighted by Crippen LogP contribution is -2.27. The number of furan rings is 1. The van der Waals surface area contributed by atoms with Gasteiger partial charge in [0.2, 0.25) is 5.91 Å². The molecule has 0 fully saturated rings. The van der Waals surface area contributed by atoms with Crippen LogP contribution in [0.3, 0.4) is 0 Å². The van der Waals surface area contributed by atoms with Crippen LogP contribution in [0, 0.1) is 0 Å². The SMILES string of the molecule is O=C(CCc1ccc(Cl)cc1)Nc1ccc(NC(=O)NCc2ccco2)cc1. The molecule has 7 heteroatoms. The summed E-state index contributed by atoms with van der Waals surface area (Å²) >= 11 is 5.85. The summed E-state index contributed by atoms with van der Waals surface area (Å²) in [6, 6.07) is 17.6. The molecule has 1 aromatic heterocycles. The molecule has 3 rings (SSSR count). The maximum Gasteiger partial charge on any atom is 0.319 e. The highest BCUT2D eigenvalue weighted by Gasteiger charge is 2.06. The van der Waals surface area contributed by atoms with Gasteiger partial charge in [-0.25, -0.2) is 4.79 Å². The van der Waals surface area contributed by atoms with E-state index in [0.717, 1.165) is 5.56 Å². The minimum Gasteiger partial charge on any atom is -0.467 e. The van der Waals surface area contributed by atoms with Gasteiger partial charge in [0.15, 0.2) is 0 Å². The van der Waals surface area contributed by atoms with Gasteiger partial charge in [0.05, 0.1) is 12.8 Å². The monoisotopic (exact) mass is 397 g/mol. The third-order valence-electron chi connectivity index (χ3n) is 3.98. The molecule has 0 unspecified atom stereocenters. The normalized spacial score (nSPS) is 10.3. The van der Waals surface area contributed by atoms with Crippen LogP contribution < -0.4 is 16.0 Å². The summed E-state index contributed by atoms with van der Waals surface area (Å²) in [6.07, 6.45) is 2.56. The van der Waals surface area contributed by atoms with Crippen molar-refractivity contribution in [2.75, 3.05) is 10.6 Å². The Bertz CT molecular complexity index is 907. The smallest absolute Gasteiger partial charge is 0.319 e. The number of urea groups is 1. The largest absolute Gasteiger partial charge is 0.467 e. The van der Waals surface area contributed by atoms with Crippen molar-refractivity contribution in [2.45, 2.75) is 19.4 Å². The molecular formula is C21H20ClN3O3. The maximum absolute atomic E-state index is 12.1. The zero-order chi connectivity index (χ0) is 19.8. The number of carbonyl (C=O) groups excluding carboxylic acids is 2. The molecule has 0 saturated heterocycles. The van der Waals surface area contributed by atoms with Crippen LogP contribution in [-0.4, -0.2) is 11.9 Å². The summed E-state index contributed by atoms with van der Waals surface area (Å²) in [5.74, 6) is 0.596. The second-order valence-corrected chi connectivity index (χ2v) is 6.58. The summed E-state index contributed by atoms with van der Waals surface area (Å²) in [5.41, 5.74) is 2.35. The van der Waals surface area contributed by atoms with Gasteiger partial charge in [-0.05, 0) is 60.5 Å². The van der Waals surface area contributed by atoms with E-state index in [1.165, 1.54) is 0 Å². The van der Waals surface area contributed by atoms with E-state index < -0.39 is 0 Å². The fourth-order valence-electron chi connectivity index (χ4n) is 2.53. The van der Waals surface area contributed by atoms with Crippen LogP contribution in [-0.2, 0) is 17.8 Å². The van der Waals surface area contributed by atoms with Crippen LogP contribution in [0.15, 0.2) is 71.3 Å². The Morgan fingerprint density at radius 1 is 0.893 bits per heavy atom. The lowest BCUT2D eigenvalue weighted by Gasteiger charge is -2.09. The first kappa shape index (κ1) is 19.5. The Balaban J connectivity index is 1.42. The van der Waals surface area contributed by atoms with Gasteiger partial charge in [-0.1, -0.05) is 23.7 Å². The third-order valence-corrected chi connectivity index (χ3v) is 4.24. The molecule has 0 bridgehead atoms. The first-order chi connectivity index (χ1) is 13.6. The third kappa shape index (κ3) is 6.17. The molecule has 0 aliphatic rings. The van der Waals surface area contributed by atoms with E-state index in [9.17, 15) is 9.59 Å². The molecule has 144 valence electrons. The lowest BCUT2D eigenvalue weighted by atomic mass is 10.1. The average molecular weight is 398 g/mol. The lowest BCUT2D eigenvalue weighted by molar-refractivity contribution is -0.116. The Kier molecular flexibility index (Phi) is 6.70. The zero-order valence-electron chi connectivity index (χ0n) is 15.1. The average Bonchev–Trinajstić information content (AvgIpc) is 3.21. The molecule has 0 saturated carbocycles. The van der Waals surface area contributed by atoms with Crippen molar-refractivity contribution >= 4 is 34.9 Å². The van der Waals surface area contributed by atoms with E-state index in [2.05, 4.69) is 16.0 Å². The summed E-state index contributed by atoms with van der Waals surface area (Å²) in [4.78, 5) is 24.0. The van der Waals surface area contributed by atoms with Crippen LogP contribution in [0.4, 0.5) is 16.2 Å². The predicted octanol–water partition coefficient (Wildman–Crippen LogP) is 4.83. The molecule has 28 heavy (non-hydrogen) atoms. The van der Waals surface area contributed by atoms with Gasteiger partial charge < -0.3 is 20.4 Å². The van der Waals surface area contributed by atoms with Crippen LogP contribution in [0.1, 0.15) is 17.7 Å². The van der Waals surface area contributed by atoms with Crippen LogP contribution in [0.2, 0.25) is 5.02 Å². The van der Waals surface area contributed by atoms with E-state index >= 15 is 0 Å². The summed E-state index contributed by atoms with van der Waals surface area (Å²) in [5, 5.41) is 8.93. The summed E-state index contributed by atoms with van der Waals surface area (Å²) in [6.45, 7) is 0.306. The van der Waals surface area contributed by atoms with E-state index in [-0.39, 0.29) is 11.9 Å². The number of hydrogen-bond donors (Lipinski definition) is 3. The first-order valence-corrected chi connectivity index (χ1v) is 9.18.